The number of carbonyl (C=O) groups excluding carboxylic acids is 1. The third-order valence-electron chi connectivity index (χ3n) is 1.47. The monoisotopic (exact) mass is 278 g/mol. The van der Waals surface area contributed by atoms with E-state index in [1.54, 1.807) is 14.1 Å². The smallest absolute Gasteiger partial charge is 0.303 e. The molecule has 0 radical (unpaired) electrons. The Hall–Kier alpha value is -2.16. The van der Waals surface area contributed by atoms with Crippen molar-refractivity contribution >= 4 is 23.8 Å². The molecule has 0 atom stereocenters. The molecule has 0 spiro atoms. The highest BCUT2D eigenvalue weighted by molar-refractivity contribution is 5.80. The summed E-state index contributed by atoms with van der Waals surface area (Å²) in [6.45, 7) is 0. The van der Waals surface area contributed by atoms with Crippen molar-refractivity contribution in [2.75, 3.05) is 14.1 Å². The molecule has 0 aliphatic carbocycles. The summed E-state index contributed by atoms with van der Waals surface area (Å²) >= 11 is 0. The van der Waals surface area contributed by atoms with Crippen molar-refractivity contribution in [3.8, 4) is 0 Å². The SMILES string of the molecule is CN(C)NC(=O)CCC(=O)O.O=C(O)CCC(=O)O. The lowest BCUT2D eigenvalue weighted by molar-refractivity contribution is -0.143. The predicted octanol–water partition coefficient (Wildman–Crippen LogP) is -0.620. The summed E-state index contributed by atoms with van der Waals surface area (Å²) in [4.78, 5) is 40.0. The fourth-order valence-corrected chi connectivity index (χ4v) is 0.740. The highest BCUT2D eigenvalue weighted by atomic mass is 16.4. The molecule has 0 saturated carbocycles. The third-order valence-corrected chi connectivity index (χ3v) is 1.47. The highest BCUT2D eigenvalue weighted by Crippen LogP contribution is 1.88. The van der Waals surface area contributed by atoms with Gasteiger partial charge in [0.15, 0.2) is 0 Å². The molecule has 0 saturated heterocycles. The first kappa shape index (κ1) is 19.2. The molecule has 9 nitrogen and oxygen atoms in total. The standard InChI is InChI=1S/C6H12N2O3.C4H6O4/c1-8(2)7-5(9)3-4-6(10)11;5-3(6)1-2-4(7)8/h3-4H2,1-2H3,(H,7,9)(H,10,11);1-2H2,(H,5,6)(H,7,8). The summed E-state index contributed by atoms with van der Waals surface area (Å²) < 4.78 is 0. The first-order chi connectivity index (χ1) is 8.65. The number of rotatable bonds is 7. The normalized spacial score (nSPS) is 9.21. The van der Waals surface area contributed by atoms with E-state index in [0.717, 1.165) is 0 Å². The van der Waals surface area contributed by atoms with Crippen LogP contribution in [0.1, 0.15) is 25.7 Å². The maximum Gasteiger partial charge on any atom is 0.303 e. The van der Waals surface area contributed by atoms with Gasteiger partial charge in [0, 0.05) is 20.5 Å². The number of carboxylic acid groups (broad SMARTS) is 3. The number of carboxylic acids is 3. The van der Waals surface area contributed by atoms with E-state index >= 15 is 0 Å². The first-order valence-electron chi connectivity index (χ1n) is 5.27. The van der Waals surface area contributed by atoms with E-state index < -0.39 is 17.9 Å². The van der Waals surface area contributed by atoms with Gasteiger partial charge in [-0.05, 0) is 0 Å². The average molecular weight is 278 g/mol. The Kier molecular flexibility index (Phi) is 11.1. The van der Waals surface area contributed by atoms with Crippen molar-refractivity contribution in [2.45, 2.75) is 25.7 Å². The quantitative estimate of drug-likeness (QED) is 0.451. The van der Waals surface area contributed by atoms with Crippen LogP contribution in [0.3, 0.4) is 0 Å². The molecule has 0 aromatic carbocycles. The Labute approximate surface area is 109 Å². The fourth-order valence-electron chi connectivity index (χ4n) is 0.740. The van der Waals surface area contributed by atoms with Gasteiger partial charge in [-0.25, -0.2) is 5.01 Å². The number of carbonyl (C=O) groups is 4. The molecule has 0 aromatic rings. The Morgan fingerprint density at radius 3 is 1.37 bits per heavy atom. The van der Waals surface area contributed by atoms with E-state index in [0.29, 0.717) is 0 Å². The van der Waals surface area contributed by atoms with Crippen molar-refractivity contribution in [3.05, 3.63) is 0 Å². The average Bonchev–Trinajstić information content (AvgIpc) is 2.23. The summed E-state index contributed by atoms with van der Waals surface area (Å²) in [7, 11) is 3.33. The van der Waals surface area contributed by atoms with Crippen LogP contribution in [-0.2, 0) is 19.2 Å². The number of hydrazine groups is 1. The molecule has 9 heteroatoms. The van der Waals surface area contributed by atoms with Gasteiger partial charge in [0.2, 0.25) is 5.91 Å². The Bertz CT molecular complexity index is 314. The van der Waals surface area contributed by atoms with E-state index in [1.807, 2.05) is 0 Å². The summed E-state index contributed by atoms with van der Waals surface area (Å²) in [5, 5.41) is 25.5. The Morgan fingerprint density at radius 2 is 1.11 bits per heavy atom. The van der Waals surface area contributed by atoms with Crippen molar-refractivity contribution < 1.29 is 34.5 Å². The number of hydrogen-bond donors (Lipinski definition) is 4. The van der Waals surface area contributed by atoms with Crippen molar-refractivity contribution in [1.29, 1.82) is 0 Å². The molecule has 0 heterocycles. The maximum absolute atomic E-state index is 10.7. The molecular formula is C10H18N2O7. The summed E-state index contributed by atoms with van der Waals surface area (Å²) in [6.07, 6.45) is -0.697. The molecule has 0 rings (SSSR count). The van der Waals surface area contributed by atoms with Crippen molar-refractivity contribution in [2.24, 2.45) is 0 Å². The van der Waals surface area contributed by atoms with Gasteiger partial charge in [-0.15, -0.1) is 0 Å². The van der Waals surface area contributed by atoms with Crippen LogP contribution in [0.4, 0.5) is 0 Å². The van der Waals surface area contributed by atoms with Crippen molar-refractivity contribution in [3.63, 3.8) is 0 Å². The Morgan fingerprint density at radius 1 is 0.789 bits per heavy atom. The Balaban J connectivity index is 0. The molecule has 4 N–H and O–H groups in total. The van der Waals surface area contributed by atoms with Gasteiger partial charge in [-0.1, -0.05) is 0 Å². The topological polar surface area (TPSA) is 144 Å². The van der Waals surface area contributed by atoms with Crippen LogP contribution in [0.5, 0.6) is 0 Å². The summed E-state index contributed by atoms with van der Waals surface area (Å²) in [5.74, 6) is -3.39. The van der Waals surface area contributed by atoms with Gasteiger partial charge in [0.05, 0.1) is 19.3 Å². The second-order valence-electron chi connectivity index (χ2n) is 3.61. The van der Waals surface area contributed by atoms with Crippen LogP contribution in [0, 0.1) is 0 Å². The fraction of sp³-hybridized carbons (Fsp3) is 0.600. The second kappa shape index (κ2) is 11.0. The minimum absolute atomic E-state index is 0.0213. The van der Waals surface area contributed by atoms with E-state index in [9.17, 15) is 19.2 Å². The number of nitrogens with one attached hydrogen (secondary N) is 1. The number of aliphatic carboxylic acids is 3. The first-order valence-corrected chi connectivity index (χ1v) is 5.27. The van der Waals surface area contributed by atoms with Crippen LogP contribution in [0.15, 0.2) is 0 Å². The van der Waals surface area contributed by atoms with E-state index in [2.05, 4.69) is 5.43 Å². The van der Waals surface area contributed by atoms with E-state index in [4.69, 9.17) is 15.3 Å². The molecule has 0 fully saturated rings. The van der Waals surface area contributed by atoms with Gasteiger partial charge in [0.1, 0.15) is 0 Å². The molecule has 0 aromatic heterocycles. The molecular weight excluding hydrogens is 260 g/mol. The lowest BCUT2D eigenvalue weighted by atomic mass is 10.3. The number of nitrogens with zero attached hydrogens (tertiary/aromatic N) is 1. The van der Waals surface area contributed by atoms with Crippen LogP contribution in [0.25, 0.3) is 0 Å². The van der Waals surface area contributed by atoms with E-state index in [1.165, 1.54) is 5.01 Å². The largest absolute Gasteiger partial charge is 0.481 e. The highest BCUT2D eigenvalue weighted by Gasteiger charge is 2.04. The zero-order valence-corrected chi connectivity index (χ0v) is 10.8. The second-order valence-corrected chi connectivity index (χ2v) is 3.61. The molecule has 0 aliphatic rings. The minimum Gasteiger partial charge on any atom is -0.481 e. The van der Waals surface area contributed by atoms with Gasteiger partial charge >= 0.3 is 17.9 Å². The number of hydrogen-bond acceptors (Lipinski definition) is 5. The lowest BCUT2D eigenvalue weighted by Crippen LogP contribution is -2.36. The minimum atomic E-state index is -1.08. The maximum atomic E-state index is 10.7. The van der Waals surface area contributed by atoms with Crippen LogP contribution < -0.4 is 5.43 Å². The summed E-state index contributed by atoms with van der Waals surface area (Å²) in [5.41, 5.74) is 2.43. The van der Waals surface area contributed by atoms with Crippen LogP contribution in [0.2, 0.25) is 0 Å². The van der Waals surface area contributed by atoms with Gasteiger partial charge in [0.25, 0.3) is 0 Å². The molecule has 0 unspecified atom stereocenters. The lowest BCUT2D eigenvalue weighted by Gasteiger charge is -2.10. The molecule has 19 heavy (non-hydrogen) atoms. The number of amides is 1. The third kappa shape index (κ3) is 21.6. The zero-order valence-electron chi connectivity index (χ0n) is 10.8. The van der Waals surface area contributed by atoms with Gasteiger partial charge in [-0.2, -0.15) is 0 Å². The molecule has 0 aliphatic heterocycles. The zero-order chi connectivity index (χ0) is 15.4. The van der Waals surface area contributed by atoms with Crippen molar-refractivity contribution in [1.82, 2.24) is 10.4 Å². The van der Waals surface area contributed by atoms with Crippen LogP contribution >= 0.6 is 0 Å². The molecule has 0 bridgehead atoms. The summed E-state index contributed by atoms with van der Waals surface area (Å²) in [6, 6.07) is 0. The molecule has 110 valence electrons. The van der Waals surface area contributed by atoms with Crippen LogP contribution in [-0.4, -0.2) is 58.2 Å². The molecule has 1 amide bonds. The predicted molar refractivity (Wildman–Crippen MR) is 63.2 cm³/mol. The van der Waals surface area contributed by atoms with E-state index in [-0.39, 0.29) is 31.6 Å². The van der Waals surface area contributed by atoms with Gasteiger partial charge in [-0.3, -0.25) is 24.6 Å². The van der Waals surface area contributed by atoms with Gasteiger partial charge < -0.3 is 15.3 Å².